The molecule has 8 heteroatoms. The molecule has 1 aromatic heterocycles. The second-order valence-corrected chi connectivity index (χ2v) is 4.24. The summed E-state index contributed by atoms with van der Waals surface area (Å²) in [5.74, 6) is -1.69. The summed E-state index contributed by atoms with van der Waals surface area (Å²) in [4.78, 5) is 25.5. The lowest BCUT2D eigenvalue weighted by Gasteiger charge is -2.09. The first-order valence-corrected chi connectivity index (χ1v) is 5.83. The fourth-order valence-corrected chi connectivity index (χ4v) is 1.74. The van der Waals surface area contributed by atoms with Gasteiger partial charge in [-0.3, -0.25) is 4.79 Å². The van der Waals surface area contributed by atoms with E-state index in [0.717, 1.165) is 18.2 Å². The highest BCUT2D eigenvalue weighted by molar-refractivity contribution is 6.03. The van der Waals surface area contributed by atoms with E-state index in [9.17, 15) is 27.2 Å². The molecule has 112 valence electrons. The third-order valence-corrected chi connectivity index (χ3v) is 2.64. The van der Waals surface area contributed by atoms with Gasteiger partial charge in [0.1, 0.15) is 12.4 Å². The third-order valence-electron chi connectivity index (χ3n) is 2.64. The summed E-state index contributed by atoms with van der Waals surface area (Å²) in [6.07, 6.45) is -5.73. The predicted octanol–water partition coefficient (Wildman–Crippen LogP) is 2.78. The number of carbonyl (C=O) groups excluding carboxylic acids is 1. The minimum absolute atomic E-state index is 0.0604. The molecule has 0 amide bonds. The standard InChI is InChI=1S/C13H9F4NO3/c14-7-1-2-8-9(6-11(19)18-10(8)5-7)12(20)21-4-3-13(15,16)17/h1-2,5-6H,3-4H2,(H,18,19). The number of aromatic nitrogens is 1. The fourth-order valence-electron chi connectivity index (χ4n) is 1.74. The Morgan fingerprint density at radius 2 is 1.95 bits per heavy atom. The van der Waals surface area contributed by atoms with E-state index in [1.807, 2.05) is 0 Å². The maximum Gasteiger partial charge on any atom is 0.392 e. The lowest BCUT2D eigenvalue weighted by atomic mass is 10.1. The number of carbonyl (C=O) groups is 1. The number of hydrogen-bond donors (Lipinski definition) is 1. The monoisotopic (exact) mass is 303 g/mol. The van der Waals surface area contributed by atoms with Crippen LogP contribution in [0, 0.1) is 5.82 Å². The number of alkyl halides is 3. The number of pyridine rings is 1. The quantitative estimate of drug-likeness (QED) is 0.700. The van der Waals surface area contributed by atoms with E-state index in [0.29, 0.717) is 0 Å². The van der Waals surface area contributed by atoms with Crippen molar-refractivity contribution >= 4 is 16.9 Å². The normalized spacial score (nSPS) is 11.6. The minimum atomic E-state index is -4.44. The summed E-state index contributed by atoms with van der Waals surface area (Å²) in [7, 11) is 0. The molecular weight excluding hydrogens is 294 g/mol. The van der Waals surface area contributed by atoms with E-state index >= 15 is 0 Å². The van der Waals surface area contributed by atoms with Crippen molar-refractivity contribution in [3.8, 4) is 0 Å². The van der Waals surface area contributed by atoms with E-state index in [2.05, 4.69) is 9.72 Å². The van der Waals surface area contributed by atoms with E-state index in [1.165, 1.54) is 6.07 Å². The lowest BCUT2D eigenvalue weighted by molar-refractivity contribution is -0.141. The van der Waals surface area contributed by atoms with Gasteiger partial charge in [0, 0.05) is 11.5 Å². The first kappa shape index (κ1) is 15.0. The van der Waals surface area contributed by atoms with Crippen LogP contribution in [-0.4, -0.2) is 23.7 Å². The van der Waals surface area contributed by atoms with Crippen molar-refractivity contribution in [2.75, 3.05) is 6.61 Å². The van der Waals surface area contributed by atoms with Gasteiger partial charge >= 0.3 is 12.1 Å². The van der Waals surface area contributed by atoms with Crippen LogP contribution >= 0.6 is 0 Å². The van der Waals surface area contributed by atoms with Crippen LogP contribution in [0.5, 0.6) is 0 Å². The van der Waals surface area contributed by atoms with Gasteiger partial charge in [0.25, 0.3) is 0 Å². The average Bonchev–Trinajstić information content (AvgIpc) is 2.35. The van der Waals surface area contributed by atoms with E-state index in [1.54, 1.807) is 0 Å². The Balaban J connectivity index is 2.29. The molecule has 0 fully saturated rings. The highest BCUT2D eigenvalue weighted by Gasteiger charge is 2.27. The molecule has 0 bridgehead atoms. The number of benzene rings is 1. The summed E-state index contributed by atoms with van der Waals surface area (Å²) in [5.41, 5.74) is -0.836. The molecule has 0 saturated carbocycles. The van der Waals surface area contributed by atoms with E-state index < -0.39 is 36.5 Å². The molecular formula is C13H9F4NO3. The Labute approximate surface area is 115 Å². The Bertz CT molecular complexity index is 736. The lowest BCUT2D eigenvalue weighted by Crippen LogP contribution is -2.17. The number of H-pyrrole nitrogens is 1. The van der Waals surface area contributed by atoms with Gasteiger partial charge in [-0.15, -0.1) is 0 Å². The van der Waals surface area contributed by atoms with Gasteiger partial charge in [-0.25, -0.2) is 9.18 Å². The highest BCUT2D eigenvalue weighted by Crippen LogP contribution is 2.20. The van der Waals surface area contributed by atoms with E-state index in [4.69, 9.17) is 0 Å². The molecule has 0 saturated heterocycles. The molecule has 4 nitrogen and oxygen atoms in total. The van der Waals surface area contributed by atoms with Crippen LogP contribution in [-0.2, 0) is 4.74 Å². The second kappa shape index (κ2) is 5.55. The van der Waals surface area contributed by atoms with Gasteiger partial charge in [-0.05, 0) is 18.2 Å². The molecule has 0 aliphatic heterocycles. The third kappa shape index (κ3) is 3.80. The number of rotatable bonds is 3. The van der Waals surface area contributed by atoms with Crippen molar-refractivity contribution < 1.29 is 27.1 Å². The first-order chi connectivity index (χ1) is 9.76. The number of halogens is 4. The number of esters is 1. The van der Waals surface area contributed by atoms with Gasteiger partial charge in [-0.2, -0.15) is 13.2 Å². The van der Waals surface area contributed by atoms with E-state index in [-0.39, 0.29) is 16.5 Å². The number of ether oxygens (including phenoxy) is 1. The fraction of sp³-hybridized carbons (Fsp3) is 0.231. The minimum Gasteiger partial charge on any atom is -0.462 e. The zero-order chi connectivity index (χ0) is 15.6. The molecule has 0 aliphatic carbocycles. The Kier molecular flexibility index (Phi) is 3.97. The zero-order valence-electron chi connectivity index (χ0n) is 10.5. The second-order valence-electron chi connectivity index (χ2n) is 4.24. The summed E-state index contributed by atoms with van der Waals surface area (Å²) >= 11 is 0. The summed E-state index contributed by atoms with van der Waals surface area (Å²) in [5, 5.41) is 0.188. The van der Waals surface area contributed by atoms with Crippen molar-refractivity contribution in [3.63, 3.8) is 0 Å². The van der Waals surface area contributed by atoms with Gasteiger partial charge in [-0.1, -0.05) is 0 Å². The molecule has 2 rings (SSSR count). The van der Waals surface area contributed by atoms with Crippen LogP contribution < -0.4 is 5.56 Å². The smallest absolute Gasteiger partial charge is 0.392 e. The average molecular weight is 303 g/mol. The van der Waals surface area contributed by atoms with Crippen molar-refractivity contribution in [3.05, 3.63) is 46.0 Å². The molecule has 0 aliphatic rings. The Morgan fingerprint density at radius 3 is 2.62 bits per heavy atom. The molecule has 1 aromatic carbocycles. The van der Waals surface area contributed by atoms with Crippen molar-refractivity contribution in [1.82, 2.24) is 4.98 Å². The van der Waals surface area contributed by atoms with Gasteiger partial charge < -0.3 is 9.72 Å². The molecule has 0 unspecified atom stereocenters. The molecule has 0 radical (unpaired) electrons. The molecule has 21 heavy (non-hydrogen) atoms. The Hall–Kier alpha value is -2.38. The van der Waals surface area contributed by atoms with Crippen LogP contribution in [0.3, 0.4) is 0 Å². The summed E-state index contributed by atoms with van der Waals surface area (Å²) in [6.45, 7) is -0.849. The van der Waals surface area contributed by atoms with Crippen LogP contribution in [0.2, 0.25) is 0 Å². The molecule has 1 heterocycles. The Morgan fingerprint density at radius 1 is 1.24 bits per heavy atom. The largest absolute Gasteiger partial charge is 0.462 e. The number of hydrogen-bond acceptors (Lipinski definition) is 3. The molecule has 0 spiro atoms. The van der Waals surface area contributed by atoms with Gasteiger partial charge in [0.2, 0.25) is 5.56 Å². The van der Waals surface area contributed by atoms with Crippen molar-refractivity contribution in [2.24, 2.45) is 0 Å². The number of aromatic amines is 1. The topological polar surface area (TPSA) is 59.2 Å². The van der Waals surface area contributed by atoms with Crippen LogP contribution in [0.4, 0.5) is 17.6 Å². The van der Waals surface area contributed by atoms with Crippen LogP contribution in [0.25, 0.3) is 10.9 Å². The van der Waals surface area contributed by atoms with Crippen molar-refractivity contribution in [2.45, 2.75) is 12.6 Å². The summed E-state index contributed by atoms with van der Waals surface area (Å²) in [6, 6.07) is 4.20. The maximum atomic E-state index is 13.1. The highest BCUT2D eigenvalue weighted by atomic mass is 19.4. The number of nitrogens with one attached hydrogen (secondary N) is 1. The SMILES string of the molecule is O=C(OCCC(F)(F)F)c1cc(=O)[nH]c2cc(F)ccc12. The van der Waals surface area contributed by atoms with Gasteiger partial charge in [0.15, 0.2) is 0 Å². The molecule has 1 N–H and O–H groups in total. The zero-order valence-corrected chi connectivity index (χ0v) is 10.5. The van der Waals surface area contributed by atoms with Crippen LogP contribution in [0.15, 0.2) is 29.1 Å². The molecule has 2 aromatic rings. The maximum absolute atomic E-state index is 13.1. The summed E-state index contributed by atoms with van der Waals surface area (Å²) < 4.78 is 53.5. The van der Waals surface area contributed by atoms with Crippen LogP contribution in [0.1, 0.15) is 16.8 Å². The molecule has 0 atom stereocenters. The van der Waals surface area contributed by atoms with Crippen molar-refractivity contribution in [1.29, 1.82) is 0 Å². The predicted molar refractivity (Wildman–Crippen MR) is 65.5 cm³/mol. The number of fused-ring (bicyclic) bond motifs is 1. The van der Waals surface area contributed by atoms with Gasteiger partial charge in [0.05, 0.1) is 17.5 Å². The first-order valence-electron chi connectivity index (χ1n) is 5.83.